The highest BCUT2D eigenvalue weighted by Crippen LogP contribution is 2.12. The fourth-order valence-electron chi connectivity index (χ4n) is 2.81. The van der Waals surface area contributed by atoms with Crippen molar-refractivity contribution in [3.05, 3.63) is 29.6 Å². The summed E-state index contributed by atoms with van der Waals surface area (Å²) in [7, 11) is 2.05. The number of carbonyl (C=O) groups is 2. The van der Waals surface area contributed by atoms with E-state index in [2.05, 4.69) is 9.88 Å². The van der Waals surface area contributed by atoms with E-state index < -0.39 is 0 Å². The molecule has 0 unspecified atom stereocenters. The first-order valence-electron chi connectivity index (χ1n) is 7.95. The molecule has 0 aliphatic carbocycles. The van der Waals surface area contributed by atoms with E-state index in [9.17, 15) is 9.59 Å². The number of amides is 2. The summed E-state index contributed by atoms with van der Waals surface area (Å²) >= 11 is 0. The number of hydrogen-bond donors (Lipinski definition) is 0. The SMILES string of the molecule is CN1CCN(C(=O)c2cncc(C(=O)N3CCOCC3)c2)CC1. The van der Waals surface area contributed by atoms with Gasteiger partial charge in [-0.3, -0.25) is 14.6 Å². The minimum absolute atomic E-state index is 0.0535. The van der Waals surface area contributed by atoms with Crippen molar-refractivity contribution in [2.75, 3.05) is 59.5 Å². The predicted octanol–water partition coefficient (Wildman–Crippen LogP) is -0.0584. The number of likely N-dealkylation sites (N-methyl/N-ethyl adjacent to an activating group) is 1. The molecule has 1 aromatic heterocycles. The Morgan fingerprint density at radius 1 is 0.913 bits per heavy atom. The lowest BCUT2D eigenvalue weighted by Gasteiger charge is -2.32. The summed E-state index contributed by atoms with van der Waals surface area (Å²) in [5.41, 5.74) is 0.945. The summed E-state index contributed by atoms with van der Waals surface area (Å²) in [6, 6.07) is 1.66. The number of aromatic nitrogens is 1. The zero-order chi connectivity index (χ0) is 16.2. The maximum Gasteiger partial charge on any atom is 0.255 e. The molecule has 0 saturated carbocycles. The smallest absolute Gasteiger partial charge is 0.255 e. The highest BCUT2D eigenvalue weighted by molar-refractivity contribution is 5.99. The Bertz CT molecular complexity index is 578. The Morgan fingerprint density at radius 3 is 2.00 bits per heavy atom. The molecule has 0 radical (unpaired) electrons. The third-order valence-corrected chi connectivity index (χ3v) is 4.32. The van der Waals surface area contributed by atoms with Gasteiger partial charge in [-0.05, 0) is 13.1 Å². The van der Waals surface area contributed by atoms with Gasteiger partial charge in [-0.15, -0.1) is 0 Å². The van der Waals surface area contributed by atoms with E-state index in [1.165, 1.54) is 12.4 Å². The van der Waals surface area contributed by atoms with E-state index in [4.69, 9.17) is 4.74 Å². The Hall–Kier alpha value is -1.99. The number of pyridine rings is 1. The van der Waals surface area contributed by atoms with Crippen molar-refractivity contribution in [1.82, 2.24) is 19.7 Å². The van der Waals surface area contributed by atoms with Crippen molar-refractivity contribution in [3.63, 3.8) is 0 Å². The molecule has 2 aliphatic rings. The fourth-order valence-corrected chi connectivity index (χ4v) is 2.81. The van der Waals surface area contributed by atoms with E-state index in [1.807, 2.05) is 11.9 Å². The number of carbonyl (C=O) groups excluding carboxylic acids is 2. The molecular weight excluding hydrogens is 296 g/mol. The summed E-state index contributed by atoms with van der Waals surface area (Å²) in [5, 5.41) is 0. The first-order valence-corrected chi connectivity index (χ1v) is 7.95. The second-order valence-corrected chi connectivity index (χ2v) is 5.96. The highest BCUT2D eigenvalue weighted by Gasteiger charge is 2.23. The maximum atomic E-state index is 12.6. The maximum absolute atomic E-state index is 12.6. The van der Waals surface area contributed by atoms with Gasteiger partial charge in [-0.1, -0.05) is 0 Å². The molecular formula is C16H22N4O3. The molecule has 7 nitrogen and oxygen atoms in total. The monoisotopic (exact) mass is 318 g/mol. The Morgan fingerprint density at radius 2 is 1.43 bits per heavy atom. The number of piperazine rings is 1. The molecule has 0 N–H and O–H groups in total. The van der Waals surface area contributed by atoms with Crippen molar-refractivity contribution < 1.29 is 14.3 Å². The van der Waals surface area contributed by atoms with Crippen LogP contribution in [0.2, 0.25) is 0 Å². The van der Waals surface area contributed by atoms with Gasteiger partial charge in [0.15, 0.2) is 0 Å². The number of nitrogens with zero attached hydrogens (tertiary/aromatic N) is 4. The Balaban J connectivity index is 1.71. The van der Waals surface area contributed by atoms with Crippen LogP contribution in [0.15, 0.2) is 18.5 Å². The molecule has 2 amide bonds. The second kappa shape index (κ2) is 7.06. The zero-order valence-corrected chi connectivity index (χ0v) is 13.4. The van der Waals surface area contributed by atoms with Crippen LogP contribution in [-0.4, -0.2) is 91.0 Å². The van der Waals surface area contributed by atoms with Gasteiger partial charge in [0.1, 0.15) is 0 Å². The quantitative estimate of drug-likeness (QED) is 0.764. The number of hydrogen-bond acceptors (Lipinski definition) is 5. The van der Waals surface area contributed by atoms with Gasteiger partial charge in [0, 0.05) is 51.7 Å². The van der Waals surface area contributed by atoms with Gasteiger partial charge < -0.3 is 19.4 Å². The second-order valence-electron chi connectivity index (χ2n) is 5.96. The Kier molecular flexibility index (Phi) is 4.88. The minimum Gasteiger partial charge on any atom is -0.378 e. The average Bonchev–Trinajstić information content (AvgIpc) is 2.62. The van der Waals surface area contributed by atoms with Crippen LogP contribution in [0, 0.1) is 0 Å². The van der Waals surface area contributed by atoms with E-state index in [0.29, 0.717) is 50.5 Å². The van der Waals surface area contributed by atoms with Crippen LogP contribution in [0.3, 0.4) is 0 Å². The van der Waals surface area contributed by atoms with E-state index in [1.54, 1.807) is 11.0 Å². The number of rotatable bonds is 2. The summed E-state index contributed by atoms with van der Waals surface area (Å²) < 4.78 is 5.26. The molecule has 2 aliphatic heterocycles. The zero-order valence-electron chi connectivity index (χ0n) is 13.4. The summed E-state index contributed by atoms with van der Waals surface area (Å²) in [4.78, 5) is 34.9. The highest BCUT2D eigenvalue weighted by atomic mass is 16.5. The lowest BCUT2D eigenvalue weighted by atomic mass is 10.1. The van der Waals surface area contributed by atoms with Crippen LogP contribution in [0.4, 0.5) is 0 Å². The lowest BCUT2D eigenvalue weighted by molar-refractivity contribution is 0.0302. The van der Waals surface area contributed by atoms with Crippen molar-refractivity contribution in [3.8, 4) is 0 Å². The van der Waals surface area contributed by atoms with E-state index in [-0.39, 0.29) is 11.8 Å². The molecule has 2 saturated heterocycles. The van der Waals surface area contributed by atoms with E-state index in [0.717, 1.165) is 13.1 Å². The van der Waals surface area contributed by atoms with Crippen molar-refractivity contribution >= 4 is 11.8 Å². The topological polar surface area (TPSA) is 66.0 Å². The molecule has 0 spiro atoms. The molecule has 2 fully saturated rings. The number of morpholine rings is 1. The van der Waals surface area contributed by atoms with Crippen LogP contribution < -0.4 is 0 Å². The first kappa shape index (κ1) is 15.9. The largest absolute Gasteiger partial charge is 0.378 e. The molecule has 23 heavy (non-hydrogen) atoms. The van der Waals surface area contributed by atoms with Crippen LogP contribution >= 0.6 is 0 Å². The van der Waals surface area contributed by atoms with Crippen molar-refractivity contribution in [2.24, 2.45) is 0 Å². The predicted molar refractivity (Wildman–Crippen MR) is 84.4 cm³/mol. The van der Waals surface area contributed by atoms with Gasteiger partial charge in [0.2, 0.25) is 0 Å². The van der Waals surface area contributed by atoms with Crippen molar-refractivity contribution in [1.29, 1.82) is 0 Å². The first-order chi connectivity index (χ1) is 11.1. The molecule has 0 atom stereocenters. The molecule has 0 bridgehead atoms. The molecule has 0 aromatic carbocycles. The fraction of sp³-hybridized carbons (Fsp3) is 0.562. The Labute approximate surface area is 135 Å². The molecule has 3 heterocycles. The standard InChI is InChI=1S/C16H22N4O3/c1-18-2-4-19(5-3-18)15(21)13-10-14(12-17-11-13)16(22)20-6-8-23-9-7-20/h10-12H,2-9H2,1H3. The lowest BCUT2D eigenvalue weighted by Crippen LogP contribution is -2.47. The summed E-state index contributed by atoms with van der Waals surface area (Å²) in [5.74, 6) is -0.143. The molecule has 3 rings (SSSR count). The van der Waals surface area contributed by atoms with Gasteiger partial charge in [0.25, 0.3) is 11.8 Å². The van der Waals surface area contributed by atoms with Crippen molar-refractivity contribution in [2.45, 2.75) is 0 Å². The summed E-state index contributed by atoms with van der Waals surface area (Å²) in [6.07, 6.45) is 3.06. The van der Waals surface area contributed by atoms with E-state index >= 15 is 0 Å². The third-order valence-electron chi connectivity index (χ3n) is 4.32. The van der Waals surface area contributed by atoms with Crippen LogP contribution in [0.5, 0.6) is 0 Å². The molecule has 1 aromatic rings. The van der Waals surface area contributed by atoms with Gasteiger partial charge >= 0.3 is 0 Å². The van der Waals surface area contributed by atoms with Crippen LogP contribution in [0.1, 0.15) is 20.7 Å². The molecule has 7 heteroatoms. The minimum atomic E-state index is -0.0890. The number of ether oxygens (including phenoxy) is 1. The normalized spacial score (nSPS) is 19.7. The van der Waals surface area contributed by atoms with Crippen LogP contribution in [-0.2, 0) is 4.74 Å². The third kappa shape index (κ3) is 3.68. The summed E-state index contributed by atoms with van der Waals surface area (Å²) in [6.45, 7) is 5.41. The van der Waals surface area contributed by atoms with Crippen LogP contribution in [0.25, 0.3) is 0 Å². The van der Waals surface area contributed by atoms with Gasteiger partial charge in [-0.25, -0.2) is 0 Å². The van der Waals surface area contributed by atoms with Gasteiger partial charge in [0.05, 0.1) is 24.3 Å². The average molecular weight is 318 g/mol. The van der Waals surface area contributed by atoms with Gasteiger partial charge in [-0.2, -0.15) is 0 Å². The molecule has 124 valence electrons.